The Morgan fingerprint density at radius 1 is 1.29 bits per heavy atom. The predicted molar refractivity (Wildman–Crippen MR) is 71.9 cm³/mol. The van der Waals surface area contributed by atoms with E-state index in [1.807, 2.05) is 32.2 Å². The molecule has 1 aromatic carbocycles. The molecule has 2 rings (SSSR count). The fourth-order valence-corrected chi connectivity index (χ4v) is 2.70. The van der Waals surface area contributed by atoms with E-state index in [1.165, 1.54) is 19.3 Å². The molecule has 94 valence electrons. The standard InChI is InChI=1S/C14H20ClNO/c1-10-9-11(15)7-8-13(10)17-14-6-4-3-5-12(14)16-2/h7-9,12,14,16H,3-6H2,1-2H3. The number of halogens is 1. The summed E-state index contributed by atoms with van der Waals surface area (Å²) in [4.78, 5) is 0. The van der Waals surface area contributed by atoms with Crippen LogP contribution in [0.15, 0.2) is 18.2 Å². The first kappa shape index (κ1) is 12.7. The second-order valence-electron chi connectivity index (χ2n) is 4.75. The average molecular weight is 254 g/mol. The van der Waals surface area contributed by atoms with Crippen molar-refractivity contribution in [2.75, 3.05) is 7.05 Å². The first-order chi connectivity index (χ1) is 8.20. The number of likely N-dealkylation sites (N-methyl/N-ethyl adjacent to an activating group) is 1. The summed E-state index contributed by atoms with van der Waals surface area (Å²) in [6.45, 7) is 2.04. The van der Waals surface area contributed by atoms with Crippen molar-refractivity contribution in [3.63, 3.8) is 0 Å². The minimum atomic E-state index is 0.286. The second-order valence-corrected chi connectivity index (χ2v) is 5.18. The molecule has 0 amide bonds. The van der Waals surface area contributed by atoms with E-state index in [4.69, 9.17) is 16.3 Å². The van der Waals surface area contributed by atoms with E-state index in [9.17, 15) is 0 Å². The summed E-state index contributed by atoms with van der Waals surface area (Å²) in [7, 11) is 2.01. The van der Waals surface area contributed by atoms with E-state index >= 15 is 0 Å². The monoisotopic (exact) mass is 253 g/mol. The van der Waals surface area contributed by atoms with Gasteiger partial charge in [0.05, 0.1) is 0 Å². The van der Waals surface area contributed by atoms with Crippen molar-refractivity contribution in [3.05, 3.63) is 28.8 Å². The van der Waals surface area contributed by atoms with Gasteiger partial charge in [0.25, 0.3) is 0 Å². The summed E-state index contributed by atoms with van der Waals surface area (Å²) in [5, 5.41) is 4.12. The van der Waals surface area contributed by atoms with Crippen LogP contribution >= 0.6 is 11.6 Å². The number of hydrogen-bond donors (Lipinski definition) is 1. The Morgan fingerprint density at radius 2 is 2.06 bits per heavy atom. The Kier molecular flexibility index (Phi) is 4.30. The van der Waals surface area contributed by atoms with Crippen LogP contribution in [0, 0.1) is 6.92 Å². The minimum absolute atomic E-state index is 0.286. The van der Waals surface area contributed by atoms with Crippen molar-refractivity contribution in [2.24, 2.45) is 0 Å². The lowest BCUT2D eigenvalue weighted by Crippen LogP contribution is -2.43. The first-order valence-electron chi connectivity index (χ1n) is 6.31. The molecule has 2 atom stereocenters. The molecule has 17 heavy (non-hydrogen) atoms. The van der Waals surface area contributed by atoms with Crippen molar-refractivity contribution in [3.8, 4) is 5.75 Å². The Morgan fingerprint density at radius 3 is 2.76 bits per heavy atom. The molecule has 1 aliphatic rings. The maximum absolute atomic E-state index is 6.12. The molecule has 1 N–H and O–H groups in total. The maximum atomic E-state index is 6.12. The molecule has 1 fully saturated rings. The molecule has 1 saturated carbocycles. The number of benzene rings is 1. The summed E-state index contributed by atoms with van der Waals surface area (Å²) in [6, 6.07) is 6.28. The Bertz CT molecular complexity index is 380. The quantitative estimate of drug-likeness (QED) is 0.890. The molecule has 0 radical (unpaired) electrons. The molecule has 2 nitrogen and oxygen atoms in total. The van der Waals surface area contributed by atoms with Gasteiger partial charge in [-0.3, -0.25) is 0 Å². The summed E-state index contributed by atoms with van der Waals surface area (Å²) in [5.41, 5.74) is 1.11. The van der Waals surface area contributed by atoms with Gasteiger partial charge in [-0.25, -0.2) is 0 Å². The third kappa shape index (κ3) is 3.14. The van der Waals surface area contributed by atoms with Crippen LogP contribution < -0.4 is 10.1 Å². The molecule has 0 aliphatic heterocycles. The third-order valence-electron chi connectivity index (χ3n) is 3.49. The van der Waals surface area contributed by atoms with Crippen LogP contribution in [-0.4, -0.2) is 19.2 Å². The van der Waals surface area contributed by atoms with E-state index in [1.54, 1.807) is 0 Å². The molecule has 3 heteroatoms. The van der Waals surface area contributed by atoms with Gasteiger partial charge in [0.1, 0.15) is 11.9 Å². The van der Waals surface area contributed by atoms with Crippen LogP contribution in [0.1, 0.15) is 31.2 Å². The zero-order chi connectivity index (χ0) is 12.3. The van der Waals surface area contributed by atoms with E-state index in [0.717, 1.165) is 22.8 Å². The molecule has 0 aromatic heterocycles. The van der Waals surface area contributed by atoms with Gasteiger partial charge in [-0.2, -0.15) is 0 Å². The van der Waals surface area contributed by atoms with Crippen LogP contribution in [0.5, 0.6) is 5.75 Å². The van der Waals surface area contributed by atoms with Gasteiger partial charge in [0.15, 0.2) is 0 Å². The van der Waals surface area contributed by atoms with E-state index in [-0.39, 0.29) is 6.10 Å². The Balaban J connectivity index is 2.08. The number of ether oxygens (including phenoxy) is 1. The van der Waals surface area contributed by atoms with Crippen molar-refractivity contribution in [2.45, 2.75) is 44.8 Å². The number of rotatable bonds is 3. The van der Waals surface area contributed by atoms with Crippen LogP contribution in [-0.2, 0) is 0 Å². The fourth-order valence-electron chi connectivity index (χ4n) is 2.48. The van der Waals surface area contributed by atoms with Crippen molar-refractivity contribution < 1.29 is 4.74 Å². The lowest BCUT2D eigenvalue weighted by atomic mass is 9.92. The molecule has 0 spiro atoms. The Labute approximate surface area is 108 Å². The molecule has 0 bridgehead atoms. The first-order valence-corrected chi connectivity index (χ1v) is 6.68. The van der Waals surface area contributed by atoms with Crippen LogP contribution in [0.2, 0.25) is 5.02 Å². The van der Waals surface area contributed by atoms with Gasteiger partial charge in [0, 0.05) is 11.1 Å². The topological polar surface area (TPSA) is 21.3 Å². The highest BCUT2D eigenvalue weighted by Gasteiger charge is 2.25. The van der Waals surface area contributed by atoms with Gasteiger partial charge in [-0.05, 0) is 57.0 Å². The second kappa shape index (κ2) is 5.74. The third-order valence-corrected chi connectivity index (χ3v) is 3.72. The summed E-state index contributed by atoms with van der Waals surface area (Å²) < 4.78 is 6.12. The van der Waals surface area contributed by atoms with E-state index < -0.39 is 0 Å². The largest absolute Gasteiger partial charge is 0.489 e. The van der Waals surface area contributed by atoms with Crippen molar-refractivity contribution in [1.82, 2.24) is 5.32 Å². The average Bonchev–Trinajstić information content (AvgIpc) is 2.33. The smallest absolute Gasteiger partial charge is 0.122 e. The zero-order valence-corrected chi connectivity index (χ0v) is 11.3. The molecule has 0 heterocycles. The van der Waals surface area contributed by atoms with Crippen LogP contribution in [0.4, 0.5) is 0 Å². The van der Waals surface area contributed by atoms with Crippen LogP contribution in [0.3, 0.4) is 0 Å². The number of hydrogen-bond acceptors (Lipinski definition) is 2. The van der Waals surface area contributed by atoms with Crippen LogP contribution in [0.25, 0.3) is 0 Å². The van der Waals surface area contributed by atoms with Gasteiger partial charge in [-0.15, -0.1) is 0 Å². The zero-order valence-electron chi connectivity index (χ0n) is 10.5. The molecule has 1 aliphatic carbocycles. The summed E-state index contributed by atoms with van der Waals surface area (Å²) in [6.07, 6.45) is 5.18. The highest BCUT2D eigenvalue weighted by molar-refractivity contribution is 6.30. The summed E-state index contributed by atoms with van der Waals surface area (Å²) in [5.74, 6) is 0.960. The fraction of sp³-hybridized carbons (Fsp3) is 0.571. The SMILES string of the molecule is CNC1CCCCC1Oc1ccc(Cl)cc1C. The van der Waals surface area contributed by atoms with Gasteiger partial charge >= 0.3 is 0 Å². The van der Waals surface area contributed by atoms with E-state index in [2.05, 4.69) is 5.32 Å². The van der Waals surface area contributed by atoms with Gasteiger partial charge < -0.3 is 10.1 Å². The molecule has 0 saturated heterocycles. The molecule has 2 unspecified atom stereocenters. The number of aryl methyl sites for hydroxylation is 1. The lowest BCUT2D eigenvalue weighted by molar-refractivity contribution is 0.117. The highest BCUT2D eigenvalue weighted by atomic mass is 35.5. The Hall–Kier alpha value is -0.730. The summed E-state index contributed by atoms with van der Waals surface area (Å²) >= 11 is 5.95. The number of nitrogens with one attached hydrogen (secondary N) is 1. The van der Waals surface area contributed by atoms with Gasteiger partial charge in [0.2, 0.25) is 0 Å². The lowest BCUT2D eigenvalue weighted by Gasteiger charge is -2.32. The van der Waals surface area contributed by atoms with Crippen molar-refractivity contribution >= 4 is 11.6 Å². The van der Waals surface area contributed by atoms with Crippen molar-refractivity contribution in [1.29, 1.82) is 0 Å². The normalized spacial score (nSPS) is 24.6. The molecule has 1 aromatic rings. The molecular formula is C14H20ClNO. The highest BCUT2D eigenvalue weighted by Crippen LogP contribution is 2.27. The predicted octanol–water partition coefficient (Wildman–Crippen LogP) is 3.56. The maximum Gasteiger partial charge on any atom is 0.122 e. The van der Waals surface area contributed by atoms with E-state index in [0.29, 0.717) is 6.04 Å². The minimum Gasteiger partial charge on any atom is -0.489 e. The van der Waals surface area contributed by atoms with Gasteiger partial charge in [-0.1, -0.05) is 18.0 Å². The molecular weight excluding hydrogens is 234 g/mol.